The molecule has 3 rings (SSSR count). The number of nitrogens with one attached hydrogen (secondary N) is 1. The molecule has 5 heteroatoms. The van der Waals surface area contributed by atoms with E-state index >= 15 is 0 Å². The van der Waals surface area contributed by atoms with Crippen molar-refractivity contribution >= 4 is 12.1 Å². The molecule has 2 atom stereocenters. The first kappa shape index (κ1) is 15.1. The molecule has 23 heavy (non-hydrogen) atoms. The van der Waals surface area contributed by atoms with Crippen LogP contribution in [0.15, 0.2) is 53.6 Å². The lowest BCUT2D eigenvalue weighted by molar-refractivity contribution is -0.122. The van der Waals surface area contributed by atoms with Gasteiger partial charge in [-0.2, -0.15) is 5.10 Å². The molecule has 0 unspecified atom stereocenters. The number of aromatic hydroxyl groups is 1. The van der Waals surface area contributed by atoms with Gasteiger partial charge in [0.15, 0.2) is 11.5 Å². The molecule has 2 N–H and O–H groups in total. The van der Waals surface area contributed by atoms with Gasteiger partial charge in [-0.3, -0.25) is 4.79 Å². The monoisotopic (exact) mass is 310 g/mol. The average molecular weight is 310 g/mol. The Morgan fingerprint density at radius 2 is 2.09 bits per heavy atom. The van der Waals surface area contributed by atoms with Crippen molar-refractivity contribution in [2.45, 2.75) is 12.3 Å². The van der Waals surface area contributed by atoms with E-state index in [1.807, 2.05) is 30.3 Å². The molecule has 2 aromatic carbocycles. The number of carbonyl (C=O) groups is 1. The fourth-order valence-corrected chi connectivity index (χ4v) is 2.58. The van der Waals surface area contributed by atoms with Crippen molar-refractivity contribution < 1.29 is 14.6 Å². The standard InChI is InChI=1S/C18H18N2O3/c1-23-17-9-12(7-8-16(17)21)11-19-20-18(22)15-10-14(15)13-5-3-2-4-6-13/h2-9,11,14-15,21H,10H2,1H3,(H,20,22)/b19-11+/t14-,15-/m0/s1. The average Bonchev–Trinajstić information content (AvgIpc) is 3.38. The highest BCUT2D eigenvalue weighted by atomic mass is 16.5. The minimum absolute atomic E-state index is 0.0103. The second-order valence-electron chi connectivity index (χ2n) is 5.52. The Morgan fingerprint density at radius 3 is 2.83 bits per heavy atom. The Balaban J connectivity index is 1.56. The van der Waals surface area contributed by atoms with Crippen molar-refractivity contribution in [1.82, 2.24) is 5.43 Å². The Labute approximate surface area is 134 Å². The number of rotatable bonds is 5. The minimum atomic E-state index is -0.0687. The highest BCUT2D eigenvalue weighted by molar-refractivity contribution is 5.86. The lowest BCUT2D eigenvalue weighted by Gasteiger charge is -2.03. The zero-order valence-electron chi connectivity index (χ0n) is 12.8. The predicted octanol–water partition coefficient (Wildman–Crippen LogP) is 2.65. The predicted molar refractivity (Wildman–Crippen MR) is 87.7 cm³/mol. The topological polar surface area (TPSA) is 70.9 Å². The quantitative estimate of drug-likeness (QED) is 0.659. The number of carbonyl (C=O) groups excluding carboxylic acids is 1. The zero-order valence-corrected chi connectivity index (χ0v) is 12.8. The van der Waals surface area contributed by atoms with Crippen molar-refractivity contribution in [3.63, 3.8) is 0 Å². The summed E-state index contributed by atoms with van der Waals surface area (Å²) in [4.78, 5) is 12.1. The molecule has 0 spiro atoms. The second kappa shape index (κ2) is 6.52. The summed E-state index contributed by atoms with van der Waals surface area (Å²) in [5, 5.41) is 13.5. The van der Waals surface area contributed by atoms with Crippen LogP contribution in [0.5, 0.6) is 11.5 Å². The van der Waals surface area contributed by atoms with Crippen molar-refractivity contribution in [3.05, 3.63) is 59.7 Å². The van der Waals surface area contributed by atoms with Crippen LogP contribution in [0.3, 0.4) is 0 Å². The Hall–Kier alpha value is -2.82. The summed E-state index contributed by atoms with van der Waals surface area (Å²) in [5.74, 6) is 0.647. The van der Waals surface area contributed by atoms with Crippen molar-refractivity contribution in [1.29, 1.82) is 0 Å². The fraction of sp³-hybridized carbons (Fsp3) is 0.222. The fourth-order valence-electron chi connectivity index (χ4n) is 2.58. The van der Waals surface area contributed by atoms with E-state index in [0.717, 1.165) is 12.0 Å². The molecule has 1 aliphatic rings. The lowest BCUT2D eigenvalue weighted by atomic mass is 10.1. The van der Waals surface area contributed by atoms with Gasteiger partial charge in [-0.25, -0.2) is 5.43 Å². The number of hydrazone groups is 1. The van der Waals surface area contributed by atoms with Crippen LogP contribution in [-0.4, -0.2) is 24.3 Å². The highest BCUT2D eigenvalue weighted by Gasteiger charge is 2.43. The van der Waals surface area contributed by atoms with Crippen molar-refractivity contribution in [2.24, 2.45) is 11.0 Å². The van der Waals surface area contributed by atoms with Gasteiger partial charge in [0.1, 0.15) is 0 Å². The number of amides is 1. The normalized spacial score (nSPS) is 19.5. The third-order valence-electron chi connectivity index (χ3n) is 3.95. The van der Waals surface area contributed by atoms with Crippen LogP contribution in [0.2, 0.25) is 0 Å². The molecule has 1 saturated carbocycles. The Bertz CT molecular complexity index is 728. The number of methoxy groups -OCH3 is 1. The number of phenols is 1. The number of benzene rings is 2. The van der Waals surface area contributed by atoms with E-state index in [1.165, 1.54) is 25.0 Å². The van der Waals surface area contributed by atoms with Gasteiger partial charge in [-0.1, -0.05) is 30.3 Å². The molecule has 0 aliphatic heterocycles. The largest absolute Gasteiger partial charge is 0.504 e. The summed E-state index contributed by atoms with van der Waals surface area (Å²) in [5.41, 5.74) is 4.50. The molecule has 0 bridgehead atoms. The molecular weight excluding hydrogens is 292 g/mol. The molecule has 0 aromatic heterocycles. The molecule has 0 heterocycles. The van der Waals surface area contributed by atoms with Crippen LogP contribution in [-0.2, 0) is 4.79 Å². The zero-order chi connectivity index (χ0) is 16.2. The lowest BCUT2D eigenvalue weighted by Crippen LogP contribution is -2.20. The van der Waals surface area contributed by atoms with E-state index in [1.54, 1.807) is 12.1 Å². The third kappa shape index (κ3) is 3.51. The molecule has 5 nitrogen and oxygen atoms in total. The molecule has 1 amide bonds. The molecular formula is C18H18N2O3. The molecule has 118 valence electrons. The maximum Gasteiger partial charge on any atom is 0.243 e. The summed E-state index contributed by atoms with van der Waals surface area (Å²) in [7, 11) is 1.48. The third-order valence-corrected chi connectivity index (χ3v) is 3.95. The maximum absolute atomic E-state index is 12.1. The van der Waals surface area contributed by atoms with E-state index in [-0.39, 0.29) is 17.6 Å². The van der Waals surface area contributed by atoms with Gasteiger partial charge in [0.25, 0.3) is 0 Å². The maximum atomic E-state index is 12.1. The number of hydrogen-bond acceptors (Lipinski definition) is 4. The number of nitrogens with zero attached hydrogens (tertiary/aromatic N) is 1. The van der Waals surface area contributed by atoms with E-state index in [9.17, 15) is 9.90 Å². The number of ether oxygens (including phenoxy) is 1. The number of phenolic OH excluding ortho intramolecular Hbond substituents is 1. The van der Waals surface area contributed by atoms with Crippen LogP contribution in [0, 0.1) is 5.92 Å². The summed E-state index contributed by atoms with van der Waals surface area (Å²) in [6.45, 7) is 0. The highest BCUT2D eigenvalue weighted by Crippen LogP contribution is 2.47. The van der Waals surface area contributed by atoms with Crippen molar-refractivity contribution in [2.75, 3.05) is 7.11 Å². The first-order valence-corrected chi connectivity index (χ1v) is 7.44. The second-order valence-corrected chi connectivity index (χ2v) is 5.52. The first-order chi connectivity index (χ1) is 11.2. The smallest absolute Gasteiger partial charge is 0.243 e. The molecule has 0 saturated heterocycles. The van der Waals surface area contributed by atoms with E-state index < -0.39 is 0 Å². The van der Waals surface area contributed by atoms with Crippen LogP contribution in [0.4, 0.5) is 0 Å². The Morgan fingerprint density at radius 1 is 1.30 bits per heavy atom. The molecule has 0 radical (unpaired) electrons. The molecule has 1 fully saturated rings. The summed E-state index contributed by atoms with van der Waals surface area (Å²) < 4.78 is 5.03. The van der Waals surface area contributed by atoms with E-state index in [4.69, 9.17) is 4.74 Å². The Kier molecular flexibility index (Phi) is 4.28. The van der Waals surface area contributed by atoms with Crippen LogP contribution < -0.4 is 10.2 Å². The van der Waals surface area contributed by atoms with Gasteiger partial charge < -0.3 is 9.84 Å². The van der Waals surface area contributed by atoms with Crippen molar-refractivity contribution in [3.8, 4) is 11.5 Å². The van der Waals surface area contributed by atoms with Gasteiger partial charge in [0.2, 0.25) is 5.91 Å². The van der Waals surface area contributed by atoms with Gasteiger partial charge in [-0.05, 0) is 41.7 Å². The van der Waals surface area contributed by atoms with Gasteiger partial charge in [-0.15, -0.1) is 0 Å². The van der Waals surface area contributed by atoms with Crippen LogP contribution in [0.25, 0.3) is 0 Å². The summed E-state index contributed by atoms with van der Waals surface area (Å²) >= 11 is 0. The van der Waals surface area contributed by atoms with Gasteiger partial charge in [0, 0.05) is 5.92 Å². The van der Waals surface area contributed by atoms with E-state index in [0.29, 0.717) is 11.7 Å². The van der Waals surface area contributed by atoms with Gasteiger partial charge in [0.05, 0.1) is 13.3 Å². The minimum Gasteiger partial charge on any atom is -0.504 e. The SMILES string of the molecule is COc1cc(/C=N/NC(=O)[C@H]2C[C@H]2c2ccccc2)ccc1O. The summed E-state index contributed by atoms with van der Waals surface area (Å²) in [6.07, 6.45) is 2.39. The molecule has 1 aliphatic carbocycles. The van der Waals surface area contributed by atoms with Gasteiger partial charge >= 0.3 is 0 Å². The summed E-state index contributed by atoms with van der Waals surface area (Å²) in [6, 6.07) is 14.9. The first-order valence-electron chi connectivity index (χ1n) is 7.44. The molecule has 2 aromatic rings. The number of hydrogen-bond donors (Lipinski definition) is 2. The van der Waals surface area contributed by atoms with Crippen LogP contribution in [0.1, 0.15) is 23.5 Å². The van der Waals surface area contributed by atoms with Crippen LogP contribution >= 0.6 is 0 Å². The van der Waals surface area contributed by atoms with E-state index in [2.05, 4.69) is 10.5 Å².